The largest absolute Gasteiger partial charge is 0.385 e. The second-order valence-electron chi connectivity index (χ2n) is 2.88. The Morgan fingerprint density at radius 3 is 2.92 bits per heavy atom. The van der Waals surface area contributed by atoms with E-state index in [-0.39, 0.29) is 6.04 Å². The zero-order valence-corrected chi connectivity index (χ0v) is 8.08. The number of hydrogen-bond acceptors (Lipinski definition) is 4. The SMILES string of the molecule is CCc1nc(C(N)CCOC)n[nH]1. The van der Waals surface area contributed by atoms with Crippen molar-refractivity contribution in [1.82, 2.24) is 15.2 Å². The number of nitrogens with one attached hydrogen (secondary N) is 1. The van der Waals surface area contributed by atoms with E-state index in [4.69, 9.17) is 10.5 Å². The Morgan fingerprint density at radius 1 is 1.62 bits per heavy atom. The molecule has 1 atom stereocenters. The van der Waals surface area contributed by atoms with Crippen LogP contribution in [0.4, 0.5) is 0 Å². The van der Waals surface area contributed by atoms with Crippen LogP contribution in [0.2, 0.25) is 0 Å². The summed E-state index contributed by atoms with van der Waals surface area (Å²) in [6, 6.07) is -0.128. The standard InChI is InChI=1S/C8H16N4O/c1-3-7-10-8(12-11-7)6(9)4-5-13-2/h6H,3-5,9H2,1-2H3,(H,10,11,12). The molecule has 0 radical (unpaired) electrons. The van der Waals surface area contributed by atoms with Crippen molar-refractivity contribution in [3.8, 4) is 0 Å². The molecule has 5 nitrogen and oxygen atoms in total. The van der Waals surface area contributed by atoms with Gasteiger partial charge in [0.2, 0.25) is 0 Å². The van der Waals surface area contributed by atoms with Crippen LogP contribution in [0.15, 0.2) is 0 Å². The molecule has 1 heterocycles. The van der Waals surface area contributed by atoms with E-state index in [1.165, 1.54) is 0 Å². The van der Waals surface area contributed by atoms with Gasteiger partial charge in [0, 0.05) is 20.1 Å². The number of methoxy groups -OCH3 is 1. The summed E-state index contributed by atoms with van der Waals surface area (Å²) in [6.07, 6.45) is 1.60. The number of nitrogens with two attached hydrogens (primary N) is 1. The number of aromatic amines is 1. The lowest BCUT2D eigenvalue weighted by molar-refractivity contribution is 0.187. The molecule has 0 spiro atoms. The third-order valence-electron chi connectivity index (χ3n) is 1.85. The number of aryl methyl sites for hydroxylation is 1. The molecule has 74 valence electrons. The number of nitrogens with zero attached hydrogens (tertiary/aromatic N) is 2. The molecular formula is C8H16N4O. The van der Waals surface area contributed by atoms with E-state index in [1.807, 2.05) is 6.92 Å². The van der Waals surface area contributed by atoms with Gasteiger partial charge in [-0.2, -0.15) is 5.10 Å². The minimum atomic E-state index is -0.128. The van der Waals surface area contributed by atoms with Crippen molar-refractivity contribution < 1.29 is 4.74 Å². The van der Waals surface area contributed by atoms with Gasteiger partial charge in [0.1, 0.15) is 5.82 Å². The van der Waals surface area contributed by atoms with E-state index in [0.717, 1.165) is 18.7 Å². The van der Waals surface area contributed by atoms with Gasteiger partial charge in [0.25, 0.3) is 0 Å². The van der Waals surface area contributed by atoms with E-state index in [2.05, 4.69) is 15.2 Å². The average Bonchev–Trinajstić information content (AvgIpc) is 2.62. The Balaban J connectivity index is 2.50. The van der Waals surface area contributed by atoms with Crippen LogP contribution in [0, 0.1) is 0 Å². The molecule has 0 aliphatic heterocycles. The zero-order valence-electron chi connectivity index (χ0n) is 8.08. The van der Waals surface area contributed by atoms with Crippen molar-refractivity contribution >= 4 is 0 Å². The highest BCUT2D eigenvalue weighted by Gasteiger charge is 2.10. The lowest BCUT2D eigenvalue weighted by Crippen LogP contribution is -2.14. The maximum atomic E-state index is 5.82. The Labute approximate surface area is 77.7 Å². The molecule has 0 saturated carbocycles. The number of H-pyrrole nitrogens is 1. The van der Waals surface area contributed by atoms with Gasteiger partial charge >= 0.3 is 0 Å². The monoisotopic (exact) mass is 184 g/mol. The molecule has 1 aromatic heterocycles. The highest BCUT2D eigenvalue weighted by atomic mass is 16.5. The topological polar surface area (TPSA) is 76.8 Å². The maximum Gasteiger partial charge on any atom is 0.167 e. The molecular weight excluding hydrogens is 168 g/mol. The molecule has 0 aromatic carbocycles. The van der Waals surface area contributed by atoms with Crippen LogP contribution in [0.25, 0.3) is 0 Å². The minimum Gasteiger partial charge on any atom is -0.385 e. The fraction of sp³-hybridized carbons (Fsp3) is 0.750. The Kier molecular flexibility index (Phi) is 3.85. The molecule has 1 aromatic rings. The summed E-state index contributed by atoms with van der Waals surface area (Å²) >= 11 is 0. The first-order chi connectivity index (χ1) is 6.27. The predicted octanol–water partition coefficient (Wildman–Crippen LogP) is 0.403. The lowest BCUT2D eigenvalue weighted by atomic mass is 10.2. The zero-order chi connectivity index (χ0) is 9.68. The van der Waals surface area contributed by atoms with Crippen molar-refractivity contribution in [1.29, 1.82) is 0 Å². The van der Waals surface area contributed by atoms with Crippen LogP contribution in [-0.4, -0.2) is 28.9 Å². The lowest BCUT2D eigenvalue weighted by Gasteiger charge is -2.05. The maximum absolute atomic E-state index is 5.82. The van der Waals surface area contributed by atoms with Crippen molar-refractivity contribution in [3.05, 3.63) is 11.6 Å². The normalized spacial score (nSPS) is 13.2. The average molecular weight is 184 g/mol. The first-order valence-corrected chi connectivity index (χ1v) is 4.43. The molecule has 0 aliphatic rings. The van der Waals surface area contributed by atoms with Gasteiger partial charge in [-0.15, -0.1) is 0 Å². The summed E-state index contributed by atoms with van der Waals surface area (Å²) in [6.45, 7) is 2.65. The second-order valence-corrected chi connectivity index (χ2v) is 2.88. The summed E-state index contributed by atoms with van der Waals surface area (Å²) in [5.41, 5.74) is 5.82. The van der Waals surface area contributed by atoms with Gasteiger partial charge < -0.3 is 10.5 Å². The fourth-order valence-electron chi connectivity index (χ4n) is 1.01. The first-order valence-electron chi connectivity index (χ1n) is 4.43. The third-order valence-corrected chi connectivity index (χ3v) is 1.85. The fourth-order valence-corrected chi connectivity index (χ4v) is 1.01. The summed E-state index contributed by atoms with van der Waals surface area (Å²) in [7, 11) is 1.65. The minimum absolute atomic E-state index is 0.128. The van der Waals surface area contributed by atoms with Crippen LogP contribution in [-0.2, 0) is 11.2 Å². The molecule has 13 heavy (non-hydrogen) atoms. The van der Waals surface area contributed by atoms with Crippen LogP contribution >= 0.6 is 0 Å². The van der Waals surface area contributed by atoms with Gasteiger partial charge in [-0.1, -0.05) is 6.92 Å². The van der Waals surface area contributed by atoms with Gasteiger partial charge in [0.05, 0.1) is 6.04 Å². The molecule has 0 fully saturated rings. The summed E-state index contributed by atoms with van der Waals surface area (Å²) < 4.78 is 4.92. The smallest absolute Gasteiger partial charge is 0.167 e. The predicted molar refractivity (Wildman–Crippen MR) is 49.2 cm³/mol. The van der Waals surface area contributed by atoms with Gasteiger partial charge in [-0.05, 0) is 6.42 Å². The van der Waals surface area contributed by atoms with E-state index in [0.29, 0.717) is 12.4 Å². The van der Waals surface area contributed by atoms with Crippen molar-refractivity contribution in [2.75, 3.05) is 13.7 Å². The second kappa shape index (κ2) is 4.94. The van der Waals surface area contributed by atoms with E-state index in [1.54, 1.807) is 7.11 Å². The van der Waals surface area contributed by atoms with Crippen molar-refractivity contribution in [2.24, 2.45) is 5.73 Å². The highest BCUT2D eigenvalue weighted by Crippen LogP contribution is 2.08. The summed E-state index contributed by atoms with van der Waals surface area (Å²) in [5.74, 6) is 1.55. The summed E-state index contributed by atoms with van der Waals surface area (Å²) in [5, 5.41) is 6.85. The Hall–Kier alpha value is -0.940. The van der Waals surface area contributed by atoms with Gasteiger partial charge in [-0.3, -0.25) is 5.10 Å². The summed E-state index contributed by atoms with van der Waals surface area (Å²) in [4.78, 5) is 4.23. The molecule has 0 bridgehead atoms. The third kappa shape index (κ3) is 2.78. The number of aromatic nitrogens is 3. The van der Waals surface area contributed by atoms with Crippen molar-refractivity contribution in [2.45, 2.75) is 25.8 Å². The molecule has 0 amide bonds. The molecule has 1 unspecified atom stereocenters. The van der Waals surface area contributed by atoms with E-state index < -0.39 is 0 Å². The molecule has 0 saturated heterocycles. The van der Waals surface area contributed by atoms with Crippen LogP contribution in [0.3, 0.4) is 0 Å². The number of ether oxygens (including phenoxy) is 1. The Morgan fingerprint density at radius 2 is 2.38 bits per heavy atom. The van der Waals surface area contributed by atoms with Gasteiger partial charge in [0.15, 0.2) is 5.82 Å². The molecule has 1 rings (SSSR count). The van der Waals surface area contributed by atoms with E-state index >= 15 is 0 Å². The quantitative estimate of drug-likeness (QED) is 0.694. The van der Waals surface area contributed by atoms with Gasteiger partial charge in [-0.25, -0.2) is 4.98 Å². The molecule has 0 aliphatic carbocycles. The van der Waals surface area contributed by atoms with Crippen LogP contribution in [0.5, 0.6) is 0 Å². The highest BCUT2D eigenvalue weighted by molar-refractivity contribution is 4.95. The molecule has 3 N–H and O–H groups in total. The molecule has 5 heteroatoms. The van der Waals surface area contributed by atoms with E-state index in [9.17, 15) is 0 Å². The van der Waals surface area contributed by atoms with Crippen molar-refractivity contribution in [3.63, 3.8) is 0 Å². The number of hydrogen-bond donors (Lipinski definition) is 2. The Bertz CT molecular complexity index is 248. The van der Waals surface area contributed by atoms with Crippen LogP contribution in [0.1, 0.15) is 31.0 Å². The number of rotatable bonds is 5. The van der Waals surface area contributed by atoms with Crippen LogP contribution < -0.4 is 5.73 Å². The first kappa shape index (κ1) is 10.1.